The van der Waals surface area contributed by atoms with E-state index in [-0.39, 0.29) is 12.3 Å². The summed E-state index contributed by atoms with van der Waals surface area (Å²) in [6.45, 7) is 2.31. The highest BCUT2D eigenvalue weighted by Crippen LogP contribution is 2.29. The third kappa shape index (κ3) is 3.89. The maximum absolute atomic E-state index is 13.9. The molecule has 0 saturated carbocycles. The Morgan fingerprint density at radius 3 is 2.47 bits per heavy atom. The molecule has 3 aromatic carbocycles. The number of carbonyl (C=O) groups is 1. The number of hydrogen-bond donors (Lipinski definition) is 0. The maximum Gasteiger partial charge on any atom is 0.355 e. The van der Waals surface area contributed by atoms with Crippen LogP contribution in [0.2, 0.25) is 0 Å². The van der Waals surface area contributed by atoms with Gasteiger partial charge in [-0.2, -0.15) is 0 Å². The molecule has 0 bridgehead atoms. The van der Waals surface area contributed by atoms with Gasteiger partial charge in [0.2, 0.25) is 0 Å². The van der Waals surface area contributed by atoms with E-state index in [1.807, 2.05) is 30.3 Å². The lowest BCUT2D eigenvalue weighted by atomic mass is 10.2. The molecule has 4 nitrogen and oxygen atoms in total. The summed E-state index contributed by atoms with van der Waals surface area (Å²) in [5, 5.41) is 0.716. The number of nitrogens with zero attached hydrogens (tertiary/aromatic N) is 1. The lowest BCUT2D eigenvalue weighted by molar-refractivity contribution is 0.0517. The highest BCUT2D eigenvalue weighted by molar-refractivity contribution is 5.97. The molecule has 4 aromatic rings. The predicted octanol–water partition coefficient (Wildman–Crippen LogP) is 5.66. The molecule has 0 atom stereocenters. The van der Waals surface area contributed by atoms with Gasteiger partial charge in [-0.25, -0.2) is 13.6 Å². The molecule has 0 aliphatic carbocycles. The summed E-state index contributed by atoms with van der Waals surface area (Å²) in [4.78, 5) is 12.5. The van der Waals surface area contributed by atoms with Gasteiger partial charge in [0.25, 0.3) is 0 Å². The molecule has 0 N–H and O–H groups in total. The molecule has 0 spiro atoms. The first-order valence-electron chi connectivity index (χ1n) is 9.51. The molecule has 0 saturated heterocycles. The second-order valence-corrected chi connectivity index (χ2v) is 6.68. The normalized spacial score (nSPS) is 10.9. The second kappa shape index (κ2) is 8.37. The average molecular weight is 407 g/mol. The van der Waals surface area contributed by atoms with Crippen molar-refractivity contribution < 1.29 is 23.0 Å². The Morgan fingerprint density at radius 2 is 1.73 bits per heavy atom. The number of aromatic nitrogens is 1. The fourth-order valence-electron chi connectivity index (χ4n) is 3.28. The van der Waals surface area contributed by atoms with Crippen LogP contribution in [0.15, 0.2) is 72.8 Å². The smallest absolute Gasteiger partial charge is 0.355 e. The molecule has 0 aliphatic heterocycles. The number of halogens is 2. The summed E-state index contributed by atoms with van der Waals surface area (Å²) in [6, 6.07) is 20.3. The highest BCUT2D eigenvalue weighted by Gasteiger charge is 2.19. The van der Waals surface area contributed by atoms with E-state index in [0.29, 0.717) is 28.9 Å². The molecule has 0 radical (unpaired) electrons. The third-order valence-electron chi connectivity index (χ3n) is 4.67. The number of carbonyl (C=O) groups excluding carboxylic acids is 1. The van der Waals surface area contributed by atoms with E-state index < -0.39 is 17.6 Å². The summed E-state index contributed by atoms with van der Waals surface area (Å²) >= 11 is 0. The molecule has 0 aliphatic rings. The van der Waals surface area contributed by atoms with E-state index in [0.717, 1.165) is 17.7 Å². The number of hydrogen-bond acceptors (Lipinski definition) is 3. The van der Waals surface area contributed by atoms with Gasteiger partial charge >= 0.3 is 5.97 Å². The van der Waals surface area contributed by atoms with Crippen LogP contribution in [0.4, 0.5) is 8.78 Å². The second-order valence-electron chi connectivity index (χ2n) is 6.68. The van der Waals surface area contributed by atoms with Crippen LogP contribution in [0, 0.1) is 11.6 Å². The zero-order valence-corrected chi connectivity index (χ0v) is 16.3. The Kier molecular flexibility index (Phi) is 5.48. The zero-order chi connectivity index (χ0) is 21.1. The number of rotatable bonds is 6. The molecule has 0 unspecified atom stereocenters. The van der Waals surface area contributed by atoms with Gasteiger partial charge in [-0.3, -0.25) is 0 Å². The lowest BCUT2D eigenvalue weighted by Crippen LogP contribution is -2.11. The van der Waals surface area contributed by atoms with Crippen LogP contribution in [-0.2, 0) is 11.3 Å². The molecule has 6 heteroatoms. The number of esters is 1. The van der Waals surface area contributed by atoms with Crippen LogP contribution in [0.3, 0.4) is 0 Å². The Balaban J connectivity index is 1.75. The van der Waals surface area contributed by atoms with Crippen LogP contribution < -0.4 is 4.74 Å². The summed E-state index contributed by atoms with van der Waals surface area (Å²) < 4.78 is 39.8. The van der Waals surface area contributed by atoms with Gasteiger partial charge in [-0.15, -0.1) is 0 Å². The Morgan fingerprint density at radius 1 is 0.933 bits per heavy atom. The van der Waals surface area contributed by atoms with Crippen molar-refractivity contribution in [1.29, 1.82) is 0 Å². The van der Waals surface area contributed by atoms with Crippen molar-refractivity contribution >= 4 is 16.9 Å². The first-order chi connectivity index (χ1) is 14.6. The number of benzene rings is 3. The van der Waals surface area contributed by atoms with Gasteiger partial charge in [0.05, 0.1) is 12.1 Å². The van der Waals surface area contributed by atoms with Crippen molar-refractivity contribution in [1.82, 2.24) is 4.57 Å². The summed E-state index contributed by atoms with van der Waals surface area (Å²) in [7, 11) is 0. The van der Waals surface area contributed by atoms with Gasteiger partial charge in [-0.05, 0) is 48.9 Å². The van der Waals surface area contributed by atoms with Crippen molar-refractivity contribution in [3.63, 3.8) is 0 Å². The van der Waals surface area contributed by atoms with E-state index in [9.17, 15) is 13.6 Å². The van der Waals surface area contributed by atoms with Crippen LogP contribution in [0.5, 0.6) is 5.75 Å². The van der Waals surface area contributed by atoms with E-state index in [1.54, 1.807) is 35.8 Å². The largest absolute Gasteiger partial charge is 0.489 e. The van der Waals surface area contributed by atoms with E-state index >= 15 is 0 Å². The van der Waals surface area contributed by atoms with Gasteiger partial charge in [0.1, 0.15) is 18.1 Å². The first-order valence-corrected chi connectivity index (χ1v) is 9.51. The van der Waals surface area contributed by atoms with Crippen LogP contribution in [-0.4, -0.2) is 17.1 Å². The SMILES string of the molecule is CCOC(=O)c1cc2cc(OCc3ccccc3)ccc2n1-c1ccc(F)c(F)c1. The van der Waals surface area contributed by atoms with Gasteiger partial charge in [0.15, 0.2) is 11.6 Å². The standard InChI is InChI=1S/C24H19F2NO3/c1-2-29-24(28)23-13-17-12-19(30-15-16-6-4-3-5-7-16)9-11-22(17)27(23)18-8-10-20(25)21(26)14-18/h3-14H,2,15H2,1H3. The molecular formula is C24H19F2NO3. The topological polar surface area (TPSA) is 40.5 Å². The monoisotopic (exact) mass is 407 g/mol. The van der Waals surface area contributed by atoms with Gasteiger partial charge in [0, 0.05) is 17.1 Å². The van der Waals surface area contributed by atoms with Crippen molar-refractivity contribution in [2.45, 2.75) is 13.5 Å². The summed E-state index contributed by atoms with van der Waals surface area (Å²) in [5.41, 5.74) is 2.23. The molecule has 4 rings (SSSR count). The molecule has 0 fully saturated rings. The molecule has 152 valence electrons. The van der Waals surface area contributed by atoms with Crippen LogP contribution in [0.1, 0.15) is 23.0 Å². The van der Waals surface area contributed by atoms with E-state index in [2.05, 4.69) is 0 Å². The molecule has 1 aromatic heterocycles. The van der Waals surface area contributed by atoms with Gasteiger partial charge in [-0.1, -0.05) is 30.3 Å². The minimum atomic E-state index is -0.994. The number of fused-ring (bicyclic) bond motifs is 1. The average Bonchev–Trinajstić information content (AvgIpc) is 3.14. The van der Waals surface area contributed by atoms with Crippen molar-refractivity contribution in [2.24, 2.45) is 0 Å². The number of ether oxygens (including phenoxy) is 2. The Bertz CT molecular complexity index is 1200. The Labute approximate surface area is 172 Å². The molecule has 30 heavy (non-hydrogen) atoms. The van der Waals surface area contributed by atoms with Crippen LogP contribution >= 0.6 is 0 Å². The minimum absolute atomic E-state index is 0.198. The minimum Gasteiger partial charge on any atom is -0.489 e. The predicted molar refractivity (Wildman–Crippen MR) is 110 cm³/mol. The molecule has 0 amide bonds. The van der Waals surface area contributed by atoms with E-state index in [4.69, 9.17) is 9.47 Å². The quantitative estimate of drug-likeness (QED) is 0.387. The fourth-order valence-corrected chi connectivity index (χ4v) is 3.28. The van der Waals surface area contributed by atoms with Crippen molar-refractivity contribution in [3.05, 3.63) is 95.7 Å². The summed E-state index contributed by atoms with van der Waals surface area (Å²) in [5.74, 6) is -1.87. The van der Waals surface area contributed by atoms with Crippen molar-refractivity contribution in [2.75, 3.05) is 6.61 Å². The zero-order valence-electron chi connectivity index (χ0n) is 16.3. The Hall–Kier alpha value is -3.67. The first kappa shape index (κ1) is 19.6. The fraction of sp³-hybridized carbons (Fsp3) is 0.125. The maximum atomic E-state index is 13.9. The summed E-state index contributed by atoms with van der Waals surface area (Å²) in [6.07, 6.45) is 0. The van der Waals surface area contributed by atoms with Crippen LogP contribution in [0.25, 0.3) is 16.6 Å². The van der Waals surface area contributed by atoms with E-state index in [1.165, 1.54) is 6.07 Å². The lowest BCUT2D eigenvalue weighted by Gasteiger charge is -2.11. The third-order valence-corrected chi connectivity index (χ3v) is 4.67. The molecular weight excluding hydrogens is 388 g/mol. The van der Waals surface area contributed by atoms with Crippen molar-refractivity contribution in [3.8, 4) is 11.4 Å². The van der Waals surface area contributed by atoms with Gasteiger partial charge < -0.3 is 14.0 Å². The highest BCUT2D eigenvalue weighted by atomic mass is 19.2. The molecule has 1 heterocycles.